The molecule has 2 aromatic heterocycles. The lowest BCUT2D eigenvalue weighted by molar-refractivity contribution is 0.0698. The van der Waals surface area contributed by atoms with E-state index in [0.29, 0.717) is 5.69 Å². The minimum absolute atomic E-state index is 0.214. The summed E-state index contributed by atoms with van der Waals surface area (Å²) in [5.41, 5.74) is 1.68. The van der Waals surface area contributed by atoms with E-state index in [2.05, 4.69) is 5.10 Å². The van der Waals surface area contributed by atoms with Crippen molar-refractivity contribution in [3.05, 3.63) is 59.6 Å². The topological polar surface area (TPSA) is 55.1 Å². The average molecular weight is 270 g/mol. The zero-order chi connectivity index (χ0) is 13.2. The second-order valence-corrected chi connectivity index (χ2v) is 4.88. The molecule has 1 N–H and O–H groups in total. The molecule has 0 aliphatic heterocycles. The summed E-state index contributed by atoms with van der Waals surface area (Å²) in [6.45, 7) is 0. The summed E-state index contributed by atoms with van der Waals surface area (Å²) in [6, 6.07) is 13.3. The van der Waals surface area contributed by atoms with E-state index < -0.39 is 5.97 Å². The van der Waals surface area contributed by atoms with Crippen LogP contribution in [0.5, 0.6) is 0 Å². The summed E-state index contributed by atoms with van der Waals surface area (Å²) in [5, 5.41) is 15.4. The number of para-hydroxylation sites is 1. The number of hydrogen-bond acceptors (Lipinski definition) is 3. The van der Waals surface area contributed by atoms with E-state index in [1.165, 1.54) is 17.5 Å². The highest BCUT2D eigenvalue weighted by Gasteiger charge is 2.19. The van der Waals surface area contributed by atoms with Crippen molar-refractivity contribution in [3.8, 4) is 16.3 Å². The van der Waals surface area contributed by atoms with Crippen LogP contribution in [0.25, 0.3) is 16.3 Å². The molecule has 0 fully saturated rings. The molecule has 5 heteroatoms. The van der Waals surface area contributed by atoms with Crippen molar-refractivity contribution < 1.29 is 9.90 Å². The van der Waals surface area contributed by atoms with Crippen molar-refractivity contribution >= 4 is 17.3 Å². The molecule has 94 valence electrons. The fourth-order valence-electron chi connectivity index (χ4n) is 1.92. The molecule has 0 bridgehead atoms. The van der Waals surface area contributed by atoms with Crippen LogP contribution >= 0.6 is 11.3 Å². The predicted octanol–water partition coefficient (Wildman–Crippen LogP) is 3.30. The van der Waals surface area contributed by atoms with Crippen molar-refractivity contribution in [3.63, 3.8) is 0 Å². The number of thiophene rings is 1. The van der Waals surface area contributed by atoms with Crippen LogP contribution in [0.4, 0.5) is 0 Å². The van der Waals surface area contributed by atoms with Crippen molar-refractivity contribution in [2.75, 3.05) is 0 Å². The molecule has 19 heavy (non-hydrogen) atoms. The third-order valence-electron chi connectivity index (χ3n) is 2.75. The Balaban J connectivity index is 2.24. The van der Waals surface area contributed by atoms with Gasteiger partial charge in [0.1, 0.15) is 5.56 Å². The van der Waals surface area contributed by atoms with E-state index in [0.717, 1.165) is 10.6 Å². The molecular weight excluding hydrogens is 260 g/mol. The number of benzene rings is 1. The van der Waals surface area contributed by atoms with Gasteiger partial charge in [-0.25, -0.2) is 9.48 Å². The molecule has 0 spiro atoms. The Hall–Kier alpha value is -2.40. The number of rotatable bonds is 3. The first kappa shape index (κ1) is 11.7. The maximum Gasteiger partial charge on any atom is 0.339 e. The van der Waals surface area contributed by atoms with E-state index in [1.54, 1.807) is 4.68 Å². The Morgan fingerprint density at radius 3 is 2.58 bits per heavy atom. The number of carbonyl (C=O) groups is 1. The standard InChI is InChI=1S/C14H10N2O2S/c17-14(18)11-9-15-16(10-5-2-1-3-6-10)13(11)12-7-4-8-19-12/h1-9H,(H,17,18). The molecule has 0 unspecified atom stereocenters. The van der Waals surface area contributed by atoms with E-state index in [-0.39, 0.29) is 5.56 Å². The second-order valence-electron chi connectivity index (χ2n) is 3.94. The fraction of sp³-hybridized carbons (Fsp3) is 0. The molecule has 4 nitrogen and oxygen atoms in total. The highest BCUT2D eigenvalue weighted by Crippen LogP contribution is 2.30. The Kier molecular flexibility index (Phi) is 2.89. The van der Waals surface area contributed by atoms with E-state index >= 15 is 0 Å². The van der Waals surface area contributed by atoms with Gasteiger partial charge >= 0.3 is 5.97 Å². The summed E-state index contributed by atoms with van der Waals surface area (Å²) in [6.07, 6.45) is 1.39. The van der Waals surface area contributed by atoms with Crippen molar-refractivity contribution in [2.24, 2.45) is 0 Å². The molecule has 0 saturated heterocycles. The predicted molar refractivity (Wildman–Crippen MR) is 73.8 cm³/mol. The van der Waals surface area contributed by atoms with Crippen LogP contribution in [0, 0.1) is 0 Å². The first-order chi connectivity index (χ1) is 9.27. The second kappa shape index (κ2) is 4.70. The molecule has 0 amide bonds. The fourth-order valence-corrected chi connectivity index (χ4v) is 2.69. The third kappa shape index (κ3) is 2.04. The van der Waals surface area contributed by atoms with Gasteiger partial charge in [-0.1, -0.05) is 24.3 Å². The lowest BCUT2D eigenvalue weighted by Crippen LogP contribution is -2.01. The number of hydrogen-bond donors (Lipinski definition) is 1. The highest BCUT2D eigenvalue weighted by molar-refractivity contribution is 7.13. The van der Waals surface area contributed by atoms with Crippen molar-refractivity contribution in [2.45, 2.75) is 0 Å². The minimum Gasteiger partial charge on any atom is -0.478 e. The van der Waals surface area contributed by atoms with E-state index in [4.69, 9.17) is 0 Å². The monoisotopic (exact) mass is 270 g/mol. The SMILES string of the molecule is O=C(O)c1cnn(-c2ccccc2)c1-c1cccs1. The number of aromatic nitrogens is 2. The van der Waals surface area contributed by atoms with Gasteiger partial charge in [0.25, 0.3) is 0 Å². The van der Waals surface area contributed by atoms with Crippen LogP contribution in [0.1, 0.15) is 10.4 Å². The summed E-state index contributed by atoms with van der Waals surface area (Å²) in [4.78, 5) is 12.2. The largest absolute Gasteiger partial charge is 0.478 e. The number of carboxylic acids is 1. The van der Waals surface area contributed by atoms with Gasteiger partial charge in [0.2, 0.25) is 0 Å². The van der Waals surface area contributed by atoms with E-state index in [9.17, 15) is 9.90 Å². The smallest absolute Gasteiger partial charge is 0.339 e. The highest BCUT2D eigenvalue weighted by atomic mass is 32.1. The zero-order valence-corrected chi connectivity index (χ0v) is 10.7. The summed E-state index contributed by atoms with van der Waals surface area (Å²) in [5.74, 6) is -0.967. The molecular formula is C14H10N2O2S. The summed E-state index contributed by atoms with van der Waals surface area (Å²) in [7, 11) is 0. The van der Waals surface area contributed by atoms with Gasteiger partial charge < -0.3 is 5.11 Å². The van der Waals surface area contributed by atoms with Crippen LogP contribution in [0.3, 0.4) is 0 Å². The molecule has 3 aromatic rings. The number of carboxylic acid groups (broad SMARTS) is 1. The zero-order valence-electron chi connectivity index (χ0n) is 9.85. The molecule has 2 heterocycles. The van der Waals surface area contributed by atoms with Gasteiger partial charge in [-0.15, -0.1) is 11.3 Å². The molecule has 0 radical (unpaired) electrons. The average Bonchev–Trinajstić information content (AvgIpc) is 3.08. The maximum atomic E-state index is 11.3. The Bertz CT molecular complexity index is 702. The third-order valence-corrected chi connectivity index (χ3v) is 3.63. The lowest BCUT2D eigenvalue weighted by atomic mass is 10.2. The van der Waals surface area contributed by atoms with Crippen LogP contribution in [-0.4, -0.2) is 20.9 Å². The van der Waals surface area contributed by atoms with Crippen molar-refractivity contribution in [1.29, 1.82) is 0 Å². The van der Waals surface area contributed by atoms with Crippen LogP contribution in [0.2, 0.25) is 0 Å². The Labute approximate surface area is 113 Å². The summed E-state index contributed by atoms with van der Waals surface area (Å²) < 4.78 is 1.66. The minimum atomic E-state index is -0.967. The van der Waals surface area contributed by atoms with Gasteiger partial charge in [0.15, 0.2) is 0 Å². The first-order valence-electron chi connectivity index (χ1n) is 5.68. The van der Waals surface area contributed by atoms with Gasteiger partial charge in [0.05, 0.1) is 22.5 Å². The lowest BCUT2D eigenvalue weighted by Gasteiger charge is -2.06. The molecule has 0 aliphatic carbocycles. The first-order valence-corrected chi connectivity index (χ1v) is 6.56. The molecule has 1 aromatic carbocycles. The van der Waals surface area contributed by atoms with Crippen LogP contribution in [0.15, 0.2) is 54.0 Å². The molecule has 0 saturated carbocycles. The Morgan fingerprint density at radius 2 is 1.95 bits per heavy atom. The maximum absolute atomic E-state index is 11.3. The summed E-state index contributed by atoms with van der Waals surface area (Å²) >= 11 is 1.50. The molecule has 0 atom stereocenters. The van der Waals surface area contributed by atoms with Gasteiger partial charge in [-0.3, -0.25) is 0 Å². The molecule has 0 aliphatic rings. The number of nitrogens with zero attached hydrogens (tertiary/aromatic N) is 2. The quantitative estimate of drug-likeness (QED) is 0.794. The van der Waals surface area contributed by atoms with Crippen LogP contribution < -0.4 is 0 Å². The Morgan fingerprint density at radius 1 is 1.16 bits per heavy atom. The number of aromatic carboxylic acids is 1. The van der Waals surface area contributed by atoms with Gasteiger partial charge in [-0.2, -0.15) is 5.10 Å². The molecule has 3 rings (SSSR count). The normalized spacial score (nSPS) is 10.5. The van der Waals surface area contributed by atoms with Crippen molar-refractivity contribution in [1.82, 2.24) is 9.78 Å². The van der Waals surface area contributed by atoms with E-state index in [1.807, 2.05) is 47.8 Å². The van der Waals surface area contributed by atoms with Gasteiger partial charge in [0, 0.05) is 0 Å². The van der Waals surface area contributed by atoms with Gasteiger partial charge in [-0.05, 0) is 23.6 Å². The van der Waals surface area contributed by atoms with Crippen LogP contribution in [-0.2, 0) is 0 Å².